The summed E-state index contributed by atoms with van der Waals surface area (Å²) in [5.74, 6) is -1.44. The molecule has 6 heteroatoms. The fourth-order valence-corrected chi connectivity index (χ4v) is 1.34. The first-order chi connectivity index (χ1) is 9.90. The summed E-state index contributed by atoms with van der Waals surface area (Å²) < 4.78 is 15.2. The summed E-state index contributed by atoms with van der Waals surface area (Å²) in [6.45, 7) is 6.93. The predicted octanol–water partition coefficient (Wildman–Crippen LogP) is 2.24. The van der Waals surface area contributed by atoms with E-state index in [0.717, 1.165) is 0 Å². The van der Waals surface area contributed by atoms with Crippen LogP contribution in [-0.4, -0.2) is 37.2 Å². The number of ether oxygens (including phenoxy) is 3. The minimum atomic E-state index is -0.762. The number of rotatable bonds is 10. The fraction of sp³-hybridized carbons (Fsp3) is 0.800. The molecule has 0 aliphatic heterocycles. The quantitative estimate of drug-likeness (QED) is 0.455. The van der Waals surface area contributed by atoms with Gasteiger partial charge in [-0.25, -0.2) is 0 Å². The van der Waals surface area contributed by atoms with Gasteiger partial charge in [0.15, 0.2) is 6.10 Å². The van der Waals surface area contributed by atoms with Gasteiger partial charge in [0.05, 0.1) is 5.92 Å². The van der Waals surface area contributed by atoms with Crippen molar-refractivity contribution in [1.82, 2.24) is 0 Å². The number of carbonyl (C=O) groups is 3. The minimum Gasteiger partial charge on any atom is -0.462 e. The molecule has 21 heavy (non-hydrogen) atoms. The van der Waals surface area contributed by atoms with Crippen LogP contribution in [0.25, 0.3) is 0 Å². The van der Waals surface area contributed by atoms with Gasteiger partial charge in [-0.1, -0.05) is 27.7 Å². The van der Waals surface area contributed by atoms with Crippen molar-refractivity contribution in [1.29, 1.82) is 0 Å². The second-order valence-corrected chi connectivity index (χ2v) is 5.08. The van der Waals surface area contributed by atoms with Gasteiger partial charge in [0, 0.05) is 12.8 Å². The molecule has 0 unspecified atom stereocenters. The molecule has 0 aliphatic rings. The van der Waals surface area contributed by atoms with E-state index in [-0.39, 0.29) is 31.1 Å². The van der Waals surface area contributed by atoms with Crippen molar-refractivity contribution in [2.24, 2.45) is 5.92 Å². The van der Waals surface area contributed by atoms with Crippen molar-refractivity contribution in [3.8, 4) is 0 Å². The molecule has 0 aromatic carbocycles. The lowest BCUT2D eigenvalue weighted by atomic mass is 10.2. The Morgan fingerprint density at radius 3 is 1.62 bits per heavy atom. The summed E-state index contributed by atoms with van der Waals surface area (Å²) >= 11 is 0. The van der Waals surface area contributed by atoms with Crippen molar-refractivity contribution in [2.45, 2.75) is 59.5 Å². The highest BCUT2D eigenvalue weighted by atomic mass is 16.6. The van der Waals surface area contributed by atoms with E-state index in [1.807, 2.05) is 13.8 Å². The van der Waals surface area contributed by atoms with Crippen LogP contribution in [0.5, 0.6) is 0 Å². The van der Waals surface area contributed by atoms with Crippen LogP contribution >= 0.6 is 0 Å². The average Bonchev–Trinajstić information content (AvgIpc) is 2.42. The first-order valence-corrected chi connectivity index (χ1v) is 7.42. The molecule has 0 radical (unpaired) electrons. The van der Waals surface area contributed by atoms with Crippen LogP contribution in [0.15, 0.2) is 0 Å². The van der Waals surface area contributed by atoms with Gasteiger partial charge in [0.2, 0.25) is 0 Å². The Hall–Kier alpha value is -1.59. The Bertz CT molecular complexity index is 315. The molecule has 0 saturated carbocycles. The molecular formula is C15H26O6. The van der Waals surface area contributed by atoms with Gasteiger partial charge in [-0.3, -0.25) is 14.4 Å². The normalized spacial score (nSPS) is 10.6. The van der Waals surface area contributed by atoms with E-state index in [1.54, 1.807) is 13.8 Å². The second-order valence-electron chi connectivity index (χ2n) is 5.08. The summed E-state index contributed by atoms with van der Waals surface area (Å²) in [6, 6.07) is 0. The van der Waals surface area contributed by atoms with E-state index in [0.29, 0.717) is 25.7 Å². The van der Waals surface area contributed by atoms with Gasteiger partial charge in [0.1, 0.15) is 13.2 Å². The third-order valence-electron chi connectivity index (χ3n) is 2.52. The number of hydrogen-bond donors (Lipinski definition) is 0. The molecule has 0 spiro atoms. The fourth-order valence-electron chi connectivity index (χ4n) is 1.34. The molecule has 6 nitrogen and oxygen atoms in total. The molecule has 0 bridgehead atoms. The van der Waals surface area contributed by atoms with Crippen LogP contribution in [0.4, 0.5) is 0 Å². The summed E-state index contributed by atoms with van der Waals surface area (Å²) in [4.78, 5) is 34.3. The highest BCUT2D eigenvalue weighted by molar-refractivity contribution is 5.72. The van der Waals surface area contributed by atoms with E-state index in [9.17, 15) is 14.4 Å². The Morgan fingerprint density at radius 1 is 0.857 bits per heavy atom. The highest BCUT2D eigenvalue weighted by Gasteiger charge is 2.20. The predicted molar refractivity (Wildman–Crippen MR) is 76.5 cm³/mol. The zero-order chi connectivity index (χ0) is 16.3. The van der Waals surface area contributed by atoms with Gasteiger partial charge in [0.25, 0.3) is 0 Å². The van der Waals surface area contributed by atoms with Gasteiger partial charge in [-0.15, -0.1) is 0 Å². The SMILES string of the molecule is CCCC(=O)OCC(COC(=O)CCC)OC(=O)C(C)C. The lowest BCUT2D eigenvalue weighted by Gasteiger charge is -2.19. The Morgan fingerprint density at radius 2 is 1.29 bits per heavy atom. The molecule has 0 saturated heterocycles. The monoisotopic (exact) mass is 302 g/mol. The van der Waals surface area contributed by atoms with Crippen LogP contribution < -0.4 is 0 Å². The van der Waals surface area contributed by atoms with Crippen molar-refractivity contribution in [3.63, 3.8) is 0 Å². The standard InChI is InChI=1S/C15H26O6/c1-5-7-13(16)19-9-12(21-15(18)11(3)4)10-20-14(17)8-6-2/h11-12H,5-10H2,1-4H3. The molecule has 0 rings (SSSR count). The van der Waals surface area contributed by atoms with Gasteiger partial charge in [-0.05, 0) is 12.8 Å². The molecule has 0 aromatic heterocycles. The third-order valence-corrected chi connectivity index (χ3v) is 2.52. The summed E-state index contributed by atoms with van der Waals surface area (Å²) in [6.07, 6.45) is 1.21. The van der Waals surface area contributed by atoms with Gasteiger partial charge >= 0.3 is 17.9 Å². The molecule has 0 fully saturated rings. The largest absolute Gasteiger partial charge is 0.462 e. The summed E-state index contributed by atoms with van der Waals surface area (Å²) in [5, 5.41) is 0. The lowest BCUT2D eigenvalue weighted by molar-refractivity contribution is -0.169. The lowest BCUT2D eigenvalue weighted by Crippen LogP contribution is -2.32. The van der Waals surface area contributed by atoms with Crippen molar-refractivity contribution >= 4 is 17.9 Å². The number of carbonyl (C=O) groups excluding carboxylic acids is 3. The van der Waals surface area contributed by atoms with Crippen LogP contribution in [0.2, 0.25) is 0 Å². The van der Waals surface area contributed by atoms with E-state index >= 15 is 0 Å². The zero-order valence-corrected chi connectivity index (χ0v) is 13.3. The molecule has 122 valence electrons. The number of esters is 3. The zero-order valence-electron chi connectivity index (χ0n) is 13.3. The maximum atomic E-state index is 11.6. The van der Waals surface area contributed by atoms with Crippen molar-refractivity contribution < 1.29 is 28.6 Å². The van der Waals surface area contributed by atoms with Crippen molar-refractivity contribution in [2.75, 3.05) is 13.2 Å². The molecule has 0 heterocycles. The first kappa shape index (κ1) is 19.4. The second kappa shape index (κ2) is 11.1. The van der Waals surface area contributed by atoms with E-state index in [1.165, 1.54) is 0 Å². The molecule has 0 aliphatic carbocycles. The van der Waals surface area contributed by atoms with Crippen LogP contribution in [0, 0.1) is 5.92 Å². The van der Waals surface area contributed by atoms with E-state index in [2.05, 4.69) is 0 Å². The van der Waals surface area contributed by atoms with Crippen LogP contribution in [0.1, 0.15) is 53.4 Å². The van der Waals surface area contributed by atoms with Crippen molar-refractivity contribution in [3.05, 3.63) is 0 Å². The average molecular weight is 302 g/mol. The van der Waals surface area contributed by atoms with E-state index < -0.39 is 12.1 Å². The Balaban J connectivity index is 4.36. The molecular weight excluding hydrogens is 276 g/mol. The minimum absolute atomic E-state index is 0.100. The first-order valence-electron chi connectivity index (χ1n) is 7.42. The van der Waals surface area contributed by atoms with E-state index in [4.69, 9.17) is 14.2 Å². The maximum absolute atomic E-state index is 11.6. The maximum Gasteiger partial charge on any atom is 0.308 e. The summed E-state index contributed by atoms with van der Waals surface area (Å²) in [7, 11) is 0. The van der Waals surface area contributed by atoms with Gasteiger partial charge < -0.3 is 14.2 Å². The smallest absolute Gasteiger partial charge is 0.308 e. The Kier molecular flexibility index (Phi) is 10.3. The Labute approximate surface area is 126 Å². The van der Waals surface area contributed by atoms with Crippen LogP contribution in [0.3, 0.4) is 0 Å². The number of hydrogen-bond acceptors (Lipinski definition) is 6. The topological polar surface area (TPSA) is 78.9 Å². The third kappa shape index (κ3) is 9.87. The molecule has 0 aromatic rings. The van der Waals surface area contributed by atoms with Gasteiger partial charge in [-0.2, -0.15) is 0 Å². The van der Waals surface area contributed by atoms with Crippen LogP contribution in [-0.2, 0) is 28.6 Å². The molecule has 0 N–H and O–H groups in total. The molecule has 0 amide bonds. The highest BCUT2D eigenvalue weighted by Crippen LogP contribution is 2.05. The summed E-state index contributed by atoms with van der Waals surface area (Å²) in [5.41, 5.74) is 0. The molecule has 0 atom stereocenters.